The van der Waals surface area contributed by atoms with Crippen molar-refractivity contribution in [1.82, 2.24) is 10.1 Å². The molecule has 0 radical (unpaired) electrons. The molecule has 2 aromatic rings. The van der Waals surface area contributed by atoms with Crippen LogP contribution in [0, 0.1) is 5.92 Å². The van der Waals surface area contributed by atoms with Crippen molar-refractivity contribution in [2.75, 3.05) is 34.5 Å². The minimum atomic E-state index is -0.0790. The summed E-state index contributed by atoms with van der Waals surface area (Å²) in [6, 6.07) is 7.26. The highest BCUT2D eigenvalue weighted by molar-refractivity contribution is 5.77. The molecule has 7 nitrogen and oxygen atoms in total. The van der Waals surface area contributed by atoms with E-state index in [4.69, 9.17) is 18.7 Å². The summed E-state index contributed by atoms with van der Waals surface area (Å²) < 4.78 is 21.1. The summed E-state index contributed by atoms with van der Waals surface area (Å²) in [6.07, 6.45) is 0. The summed E-state index contributed by atoms with van der Waals surface area (Å²) in [5.41, 5.74) is 1.40. The smallest absolute Gasteiger partial charge is 0.248 e. The van der Waals surface area contributed by atoms with Gasteiger partial charge in [0.15, 0.2) is 5.76 Å². The van der Waals surface area contributed by atoms with Gasteiger partial charge in [0.25, 0.3) is 0 Å². The molecule has 1 aromatic heterocycles. The highest BCUT2D eigenvalue weighted by Crippen LogP contribution is 2.33. The van der Waals surface area contributed by atoms with Crippen LogP contribution in [0.4, 0.5) is 0 Å². The average molecular weight is 362 g/mol. The molecule has 1 heterocycles. The van der Waals surface area contributed by atoms with E-state index in [1.807, 2.05) is 24.3 Å². The van der Waals surface area contributed by atoms with E-state index in [1.54, 1.807) is 19.1 Å². The maximum atomic E-state index is 12.2. The zero-order chi connectivity index (χ0) is 19.1. The molecular weight excluding hydrogens is 336 g/mol. The maximum absolute atomic E-state index is 12.2. The Morgan fingerprint density at radius 1 is 1.19 bits per heavy atom. The van der Waals surface area contributed by atoms with Crippen molar-refractivity contribution in [3.05, 3.63) is 30.0 Å². The van der Waals surface area contributed by atoms with Crippen LogP contribution in [-0.4, -0.2) is 50.4 Å². The van der Waals surface area contributed by atoms with Crippen molar-refractivity contribution >= 4 is 5.91 Å². The number of aromatic nitrogens is 1. The molecule has 1 aromatic carbocycles. The largest absolute Gasteiger partial charge is 0.497 e. The minimum Gasteiger partial charge on any atom is -0.497 e. The van der Waals surface area contributed by atoms with Gasteiger partial charge in [-0.1, -0.05) is 19.0 Å². The second-order valence-corrected chi connectivity index (χ2v) is 6.35. The van der Waals surface area contributed by atoms with Crippen LogP contribution in [0.3, 0.4) is 0 Å². The summed E-state index contributed by atoms with van der Waals surface area (Å²) in [5.74, 6) is 2.16. The van der Waals surface area contributed by atoms with Crippen LogP contribution in [0.25, 0.3) is 11.3 Å². The Hall–Kier alpha value is -2.54. The van der Waals surface area contributed by atoms with Crippen LogP contribution in [0.1, 0.15) is 19.5 Å². The number of hydrogen-bond acceptors (Lipinski definition) is 6. The van der Waals surface area contributed by atoms with E-state index in [0.29, 0.717) is 42.0 Å². The van der Waals surface area contributed by atoms with E-state index in [2.05, 4.69) is 19.0 Å². The lowest BCUT2D eigenvalue weighted by Gasteiger charge is -2.23. The topological polar surface area (TPSA) is 74.0 Å². The highest BCUT2D eigenvalue weighted by atomic mass is 16.5. The van der Waals surface area contributed by atoms with Crippen LogP contribution in [0.2, 0.25) is 0 Å². The first-order valence-electron chi connectivity index (χ1n) is 8.43. The predicted molar refractivity (Wildman–Crippen MR) is 97.2 cm³/mol. The predicted octanol–water partition coefficient (Wildman–Crippen LogP) is 2.99. The van der Waals surface area contributed by atoms with E-state index in [9.17, 15) is 4.79 Å². The van der Waals surface area contributed by atoms with Gasteiger partial charge in [0.2, 0.25) is 5.91 Å². The van der Waals surface area contributed by atoms with Gasteiger partial charge >= 0.3 is 0 Å². The Bertz CT molecular complexity index is 726. The third-order valence-electron chi connectivity index (χ3n) is 3.79. The lowest BCUT2D eigenvalue weighted by molar-refractivity contribution is -0.136. The summed E-state index contributed by atoms with van der Waals surface area (Å²) in [4.78, 5) is 14.0. The van der Waals surface area contributed by atoms with Crippen molar-refractivity contribution in [1.29, 1.82) is 0 Å². The van der Waals surface area contributed by atoms with Gasteiger partial charge in [-0.05, 0) is 24.1 Å². The second kappa shape index (κ2) is 9.24. The molecule has 26 heavy (non-hydrogen) atoms. The molecule has 0 aliphatic rings. The SMILES string of the molecule is COCC(=O)N(Cc1cc(-c2cc(OC)ccc2OC)on1)CC(C)C. The van der Waals surface area contributed by atoms with E-state index in [-0.39, 0.29) is 12.5 Å². The van der Waals surface area contributed by atoms with Crippen molar-refractivity contribution in [3.63, 3.8) is 0 Å². The Labute approximate surface area is 153 Å². The number of carbonyl (C=O) groups is 1. The molecule has 0 bridgehead atoms. The first-order chi connectivity index (χ1) is 12.5. The van der Waals surface area contributed by atoms with Crippen molar-refractivity contribution in [3.8, 4) is 22.8 Å². The van der Waals surface area contributed by atoms with Gasteiger partial charge < -0.3 is 23.6 Å². The Morgan fingerprint density at radius 2 is 1.96 bits per heavy atom. The first kappa shape index (κ1) is 19.8. The molecule has 0 aliphatic carbocycles. The normalized spacial score (nSPS) is 10.8. The third-order valence-corrected chi connectivity index (χ3v) is 3.79. The number of methoxy groups -OCH3 is 3. The van der Waals surface area contributed by atoms with Gasteiger partial charge in [-0.2, -0.15) is 0 Å². The maximum Gasteiger partial charge on any atom is 0.248 e. The zero-order valence-corrected chi connectivity index (χ0v) is 15.9. The van der Waals surface area contributed by atoms with Crippen molar-refractivity contribution < 1.29 is 23.5 Å². The molecule has 0 saturated heterocycles. The molecule has 0 N–H and O–H groups in total. The van der Waals surface area contributed by atoms with Gasteiger partial charge in [-0.15, -0.1) is 0 Å². The summed E-state index contributed by atoms with van der Waals surface area (Å²) >= 11 is 0. The molecule has 1 amide bonds. The Balaban J connectivity index is 2.24. The average Bonchev–Trinajstić information content (AvgIpc) is 3.08. The number of benzene rings is 1. The first-order valence-corrected chi connectivity index (χ1v) is 8.43. The molecule has 2 rings (SSSR count). The monoisotopic (exact) mass is 362 g/mol. The number of hydrogen-bond donors (Lipinski definition) is 0. The van der Waals surface area contributed by atoms with Crippen LogP contribution in [0.5, 0.6) is 11.5 Å². The Morgan fingerprint density at radius 3 is 2.58 bits per heavy atom. The van der Waals surface area contributed by atoms with Crippen LogP contribution < -0.4 is 9.47 Å². The molecule has 142 valence electrons. The molecule has 0 aliphatic heterocycles. The van der Waals surface area contributed by atoms with Crippen LogP contribution >= 0.6 is 0 Å². The number of amides is 1. The van der Waals surface area contributed by atoms with Gasteiger partial charge in [0.05, 0.1) is 26.3 Å². The number of ether oxygens (including phenoxy) is 3. The molecule has 0 fully saturated rings. The lowest BCUT2D eigenvalue weighted by atomic mass is 10.1. The molecular formula is C19H26N2O5. The van der Waals surface area contributed by atoms with Gasteiger partial charge in [-0.3, -0.25) is 4.79 Å². The summed E-state index contributed by atoms with van der Waals surface area (Å²) in [6.45, 7) is 5.13. The fourth-order valence-electron chi connectivity index (χ4n) is 2.63. The fraction of sp³-hybridized carbons (Fsp3) is 0.474. The second-order valence-electron chi connectivity index (χ2n) is 6.35. The van der Waals surface area contributed by atoms with E-state index >= 15 is 0 Å². The molecule has 0 unspecified atom stereocenters. The van der Waals surface area contributed by atoms with Gasteiger partial charge in [0, 0.05) is 19.7 Å². The number of carbonyl (C=O) groups excluding carboxylic acids is 1. The lowest BCUT2D eigenvalue weighted by Crippen LogP contribution is -2.36. The molecule has 0 atom stereocenters. The quantitative estimate of drug-likeness (QED) is 0.683. The van der Waals surface area contributed by atoms with Crippen LogP contribution in [0.15, 0.2) is 28.8 Å². The molecule has 0 spiro atoms. The van der Waals surface area contributed by atoms with Crippen LogP contribution in [-0.2, 0) is 16.1 Å². The zero-order valence-electron chi connectivity index (χ0n) is 15.9. The number of nitrogens with zero attached hydrogens (tertiary/aromatic N) is 2. The van der Waals surface area contributed by atoms with Crippen molar-refractivity contribution in [2.45, 2.75) is 20.4 Å². The third kappa shape index (κ3) is 4.98. The molecule has 0 saturated carbocycles. The standard InChI is InChI=1S/C19H26N2O5/c1-13(2)10-21(19(22)12-23-3)11-14-8-18(26-20-14)16-9-15(24-4)6-7-17(16)25-5/h6-9,13H,10-12H2,1-5H3. The Kier molecular flexibility index (Phi) is 7.03. The highest BCUT2D eigenvalue weighted by Gasteiger charge is 2.19. The summed E-state index contributed by atoms with van der Waals surface area (Å²) in [5, 5.41) is 4.11. The van der Waals surface area contributed by atoms with Crippen molar-refractivity contribution in [2.24, 2.45) is 5.92 Å². The van der Waals surface area contributed by atoms with Gasteiger partial charge in [-0.25, -0.2) is 0 Å². The van der Waals surface area contributed by atoms with E-state index in [1.165, 1.54) is 7.11 Å². The summed E-state index contributed by atoms with van der Waals surface area (Å²) in [7, 11) is 4.70. The fourth-order valence-corrected chi connectivity index (χ4v) is 2.63. The van der Waals surface area contributed by atoms with E-state index < -0.39 is 0 Å². The van der Waals surface area contributed by atoms with E-state index in [0.717, 1.165) is 5.56 Å². The number of rotatable bonds is 9. The minimum absolute atomic E-state index is 0.0428. The molecule has 7 heteroatoms. The van der Waals surface area contributed by atoms with Gasteiger partial charge in [0.1, 0.15) is 23.8 Å².